The minimum Gasteiger partial charge on any atom is -0.356 e. The summed E-state index contributed by atoms with van der Waals surface area (Å²) in [5, 5.41) is 6.80. The molecule has 2 atom stereocenters. The van der Waals surface area contributed by atoms with Crippen LogP contribution >= 0.6 is 12.4 Å². The smallest absolute Gasteiger partial charge is 0.220 e. The highest BCUT2D eigenvalue weighted by Crippen LogP contribution is 2.39. The molecule has 1 amide bonds. The molecule has 1 aliphatic carbocycles. The molecule has 19 heavy (non-hydrogen) atoms. The van der Waals surface area contributed by atoms with Crippen LogP contribution in [0, 0.1) is 11.3 Å². The van der Waals surface area contributed by atoms with E-state index in [1.807, 2.05) is 0 Å². The second-order valence-electron chi connectivity index (χ2n) is 7.12. The van der Waals surface area contributed by atoms with E-state index in [-0.39, 0.29) is 18.3 Å². The Hall–Kier alpha value is -0.280. The van der Waals surface area contributed by atoms with Crippen molar-refractivity contribution >= 4 is 18.3 Å². The molecule has 2 bridgehead atoms. The zero-order valence-electron chi connectivity index (χ0n) is 11.9. The Morgan fingerprint density at radius 1 is 1.26 bits per heavy atom. The van der Waals surface area contributed by atoms with E-state index in [2.05, 4.69) is 17.6 Å². The van der Waals surface area contributed by atoms with Crippen molar-refractivity contribution in [2.24, 2.45) is 11.3 Å². The lowest BCUT2D eigenvalue weighted by atomic mass is 9.70. The lowest BCUT2D eigenvalue weighted by molar-refractivity contribution is -0.123. The van der Waals surface area contributed by atoms with Crippen molar-refractivity contribution in [2.75, 3.05) is 6.54 Å². The number of piperidine rings is 1. The summed E-state index contributed by atoms with van der Waals surface area (Å²) in [5.74, 6) is 0.910. The molecule has 2 heterocycles. The van der Waals surface area contributed by atoms with Gasteiger partial charge in [-0.05, 0) is 49.9 Å². The first-order chi connectivity index (χ1) is 8.63. The van der Waals surface area contributed by atoms with Gasteiger partial charge in [-0.2, -0.15) is 0 Å². The Morgan fingerprint density at radius 2 is 1.89 bits per heavy atom. The van der Waals surface area contributed by atoms with Crippen LogP contribution in [-0.2, 0) is 4.79 Å². The molecule has 4 heteroatoms. The van der Waals surface area contributed by atoms with Gasteiger partial charge >= 0.3 is 0 Å². The molecule has 0 aromatic rings. The second kappa shape index (κ2) is 6.01. The van der Waals surface area contributed by atoms with E-state index in [0.717, 1.165) is 13.0 Å². The van der Waals surface area contributed by atoms with Crippen LogP contribution in [0.4, 0.5) is 0 Å². The van der Waals surface area contributed by atoms with Gasteiger partial charge in [0.05, 0.1) is 0 Å². The maximum absolute atomic E-state index is 12.0. The predicted octanol–water partition coefficient (Wildman–Crippen LogP) is 2.64. The second-order valence-corrected chi connectivity index (χ2v) is 7.12. The minimum absolute atomic E-state index is 0. The van der Waals surface area contributed by atoms with Crippen LogP contribution in [0.15, 0.2) is 0 Å². The van der Waals surface area contributed by atoms with Crippen LogP contribution < -0.4 is 10.6 Å². The third kappa shape index (κ3) is 3.63. The van der Waals surface area contributed by atoms with Gasteiger partial charge in [0.2, 0.25) is 5.91 Å². The molecule has 3 nitrogen and oxygen atoms in total. The normalized spacial score (nSPS) is 35.1. The van der Waals surface area contributed by atoms with Gasteiger partial charge in [-0.1, -0.05) is 13.3 Å². The van der Waals surface area contributed by atoms with Crippen molar-refractivity contribution in [3.8, 4) is 0 Å². The minimum atomic E-state index is 0. The van der Waals surface area contributed by atoms with Crippen molar-refractivity contribution < 1.29 is 4.79 Å². The molecule has 2 saturated heterocycles. The summed E-state index contributed by atoms with van der Waals surface area (Å²) >= 11 is 0. The first-order valence-corrected chi connectivity index (χ1v) is 7.66. The third-order valence-corrected chi connectivity index (χ3v) is 5.32. The molecule has 2 aliphatic heterocycles. The summed E-state index contributed by atoms with van der Waals surface area (Å²) in [4.78, 5) is 12.0. The molecular weight excluding hydrogens is 260 g/mol. The zero-order chi connectivity index (χ0) is 12.6. The quantitative estimate of drug-likeness (QED) is 0.834. The Bertz CT molecular complexity index is 318. The largest absolute Gasteiger partial charge is 0.356 e. The predicted molar refractivity (Wildman–Crippen MR) is 79.5 cm³/mol. The Balaban J connectivity index is 0.00000133. The lowest BCUT2D eigenvalue weighted by Crippen LogP contribution is -2.42. The van der Waals surface area contributed by atoms with Gasteiger partial charge in [-0.25, -0.2) is 0 Å². The first-order valence-electron chi connectivity index (χ1n) is 7.66. The van der Waals surface area contributed by atoms with E-state index >= 15 is 0 Å². The van der Waals surface area contributed by atoms with E-state index in [1.54, 1.807) is 0 Å². The first kappa shape index (κ1) is 15.1. The number of carbonyl (C=O) groups excluding carboxylic acids is 1. The highest BCUT2D eigenvalue weighted by Gasteiger charge is 2.35. The average Bonchev–Trinajstić information content (AvgIpc) is 2.64. The average molecular weight is 287 g/mol. The molecule has 0 aromatic heterocycles. The SMILES string of the molecule is CC1(CNC(=O)CC2CC3CCC(C2)N3)CCC1.Cl. The summed E-state index contributed by atoms with van der Waals surface area (Å²) in [5.41, 5.74) is 0.406. The van der Waals surface area contributed by atoms with Gasteiger partial charge in [0.25, 0.3) is 0 Å². The van der Waals surface area contributed by atoms with Crippen LogP contribution in [-0.4, -0.2) is 24.5 Å². The number of hydrogen-bond acceptors (Lipinski definition) is 2. The Kier molecular flexibility index (Phi) is 4.78. The van der Waals surface area contributed by atoms with Gasteiger partial charge in [0.15, 0.2) is 0 Å². The van der Waals surface area contributed by atoms with Crippen molar-refractivity contribution in [2.45, 2.75) is 70.4 Å². The fourth-order valence-corrected chi connectivity index (χ4v) is 3.95. The van der Waals surface area contributed by atoms with E-state index in [1.165, 1.54) is 44.9 Å². The van der Waals surface area contributed by atoms with Crippen LogP contribution in [0.5, 0.6) is 0 Å². The molecule has 110 valence electrons. The molecule has 0 radical (unpaired) electrons. The standard InChI is InChI=1S/C15H26N2O.ClH/c1-15(5-2-6-15)10-16-14(18)9-11-7-12-3-4-13(8-11)17-12;/h11-13,17H,2-10H2,1H3,(H,16,18);1H. The fourth-order valence-electron chi connectivity index (χ4n) is 3.95. The molecule has 2 N–H and O–H groups in total. The Morgan fingerprint density at radius 3 is 2.42 bits per heavy atom. The summed E-state index contributed by atoms with van der Waals surface area (Å²) in [6.07, 6.45) is 9.72. The zero-order valence-corrected chi connectivity index (χ0v) is 12.7. The van der Waals surface area contributed by atoms with Crippen molar-refractivity contribution in [1.82, 2.24) is 10.6 Å². The molecule has 2 unspecified atom stereocenters. The monoisotopic (exact) mass is 286 g/mol. The van der Waals surface area contributed by atoms with E-state index < -0.39 is 0 Å². The maximum Gasteiger partial charge on any atom is 0.220 e. The molecular formula is C15H27ClN2O. The van der Waals surface area contributed by atoms with Gasteiger partial charge in [-0.15, -0.1) is 12.4 Å². The topological polar surface area (TPSA) is 41.1 Å². The highest BCUT2D eigenvalue weighted by atomic mass is 35.5. The van der Waals surface area contributed by atoms with E-state index in [9.17, 15) is 4.79 Å². The van der Waals surface area contributed by atoms with Gasteiger partial charge in [0.1, 0.15) is 0 Å². The molecule has 3 rings (SSSR count). The third-order valence-electron chi connectivity index (χ3n) is 5.32. The molecule has 1 saturated carbocycles. The van der Waals surface area contributed by atoms with Gasteiger partial charge < -0.3 is 10.6 Å². The molecule has 0 aromatic carbocycles. The molecule has 3 aliphatic rings. The number of rotatable bonds is 4. The summed E-state index contributed by atoms with van der Waals surface area (Å²) < 4.78 is 0. The number of fused-ring (bicyclic) bond motifs is 2. The number of nitrogens with one attached hydrogen (secondary N) is 2. The van der Waals surface area contributed by atoms with Gasteiger partial charge in [-0.3, -0.25) is 4.79 Å². The fraction of sp³-hybridized carbons (Fsp3) is 0.933. The van der Waals surface area contributed by atoms with Crippen molar-refractivity contribution in [1.29, 1.82) is 0 Å². The lowest BCUT2D eigenvalue weighted by Gasteiger charge is -2.38. The number of carbonyl (C=O) groups is 1. The summed E-state index contributed by atoms with van der Waals surface area (Å²) in [7, 11) is 0. The van der Waals surface area contributed by atoms with Crippen LogP contribution in [0.25, 0.3) is 0 Å². The van der Waals surface area contributed by atoms with E-state index in [0.29, 0.717) is 23.4 Å². The van der Waals surface area contributed by atoms with E-state index in [4.69, 9.17) is 0 Å². The van der Waals surface area contributed by atoms with Gasteiger partial charge in [0, 0.05) is 25.0 Å². The number of halogens is 1. The number of hydrogen-bond donors (Lipinski definition) is 2. The highest BCUT2D eigenvalue weighted by molar-refractivity contribution is 5.85. The summed E-state index contributed by atoms with van der Waals surface area (Å²) in [6, 6.07) is 1.40. The molecule has 3 fully saturated rings. The maximum atomic E-state index is 12.0. The van der Waals surface area contributed by atoms with Crippen LogP contribution in [0.2, 0.25) is 0 Å². The van der Waals surface area contributed by atoms with Crippen LogP contribution in [0.1, 0.15) is 58.3 Å². The molecule has 0 spiro atoms. The summed E-state index contributed by atoms with van der Waals surface area (Å²) in [6.45, 7) is 3.19. The Labute approximate surface area is 122 Å². The van der Waals surface area contributed by atoms with Crippen molar-refractivity contribution in [3.05, 3.63) is 0 Å². The number of amides is 1. The van der Waals surface area contributed by atoms with Crippen LogP contribution in [0.3, 0.4) is 0 Å². The van der Waals surface area contributed by atoms with Crippen molar-refractivity contribution in [3.63, 3.8) is 0 Å².